The van der Waals surface area contributed by atoms with Crippen LogP contribution in [0.25, 0.3) is 11.3 Å². The van der Waals surface area contributed by atoms with E-state index in [9.17, 15) is 9.59 Å². The van der Waals surface area contributed by atoms with E-state index in [1.807, 2.05) is 30.3 Å². The number of hydrogen-bond acceptors (Lipinski definition) is 3. The van der Waals surface area contributed by atoms with Crippen LogP contribution in [0.5, 0.6) is 0 Å². The highest BCUT2D eigenvalue weighted by atomic mass is 35.5. The van der Waals surface area contributed by atoms with Gasteiger partial charge in [-0.1, -0.05) is 53.5 Å². The Morgan fingerprint density at radius 2 is 1.75 bits per heavy atom. The molecule has 1 amide bonds. The molecule has 0 aliphatic carbocycles. The topological polar surface area (TPSA) is 64.0 Å². The van der Waals surface area contributed by atoms with Gasteiger partial charge < -0.3 is 5.32 Å². The largest absolute Gasteiger partial charge is 0.352 e. The first kappa shape index (κ1) is 20.1. The van der Waals surface area contributed by atoms with E-state index >= 15 is 0 Å². The van der Waals surface area contributed by atoms with Gasteiger partial charge in [0.1, 0.15) is 0 Å². The number of nitrogens with one attached hydrogen (secondary N) is 1. The van der Waals surface area contributed by atoms with Crippen LogP contribution in [0.2, 0.25) is 10.0 Å². The molecule has 1 N–H and O–H groups in total. The average Bonchev–Trinajstić information content (AvgIpc) is 2.69. The van der Waals surface area contributed by atoms with E-state index in [2.05, 4.69) is 10.4 Å². The molecule has 1 heterocycles. The number of amides is 1. The molecule has 0 radical (unpaired) electrons. The fourth-order valence-electron chi connectivity index (χ4n) is 2.70. The van der Waals surface area contributed by atoms with Crippen molar-refractivity contribution in [1.82, 2.24) is 15.1 Å². The molecule has 0 bridgehead atoms. The second-order valence-corrected chi connectivity index (χ2v) is 7.10. The summed E-state index contributed by atoms with van der Waals surface area (Å²) in [5.41, 5.74) is 2.22. The van der Waals surface area contributed by atoms with E-state index in [-0.39, 0.29) is 11.5 Å². The minimum Gasteiger partial charge on any atom is -0.352 e. The first-order valence-corrected chi connectivity index (χ1v) is 9.63. The summed E-state index contributed by atoms with van der Waals surface area (Å²) in [6, 6.07) is 17.8. The lowest BCUT2D eigenvalue weighted by molar-refractivity contribution is -0.121. The SMILES string of the molecule is O=C(CCCn1nc(-c2ccc(Cl)cc2)ccc1=O)NCc1ccccc1Cl. The van der Waals surface area contributed by atoms with Crippen molar-refractivity contribution in [1.29, 1.82) is 0 Å². The molecule has 0 atom stereocenters. The number of hydrogen-bond donors (Lipinski definition) is 1. The number of carbonyl (C=O) groups excluding carboxylic acids is 1. The fraction of sp³-hybridized carbons (Fsp3) is 0.190. The quantitative estimate of drug-likeness (QED) is 0.624. The number of halogens is 2. The average molecular weight is 416 g/mol. The summed E-state index contributed by atoms with van der Waals surface area (Å²) in [4.78, 5) is 24.1. The zero-order chi connectivity index (χ0) is 19.9. The standard InChI is InChI=1S/C21H19Cl2N3O2/c22-17-9-7-15(8-10-17)19-11-12-21(28)26(25-19)13-3-6-20(27)24-14-16-4-1-2-5-18(16)23/h1-2,4-5,7-12H,3,6,13-14H2,(H,24,27). The molecule has 3 rings (SSSR count). The third-order valence-electron chi connectivity index (χ3n) is 4.21. The summed E-state index contributed by atoms with van der Waals surface area (Å²) in [5.74, 6) is -0.0955. The summed E-state index contributed by atoms with van der Waals surface area (Å²) in [6.07, 6.45) is 0.801. The van der Waals surface area contributed by atoms with Crippen molar-refractivity contribution < 1.29 is 4.79 Å². The Morgan fingerprint density at radius 1 is 1.00 bits per heavy atom. The van der Waals surface area contributed by atoms with Crippen molar-refractivity contribution in [2.45, 2.75) is 25.9 Å². The van der Waals surface area contributed by atoms with Gasteiger partial charge in [0.25, 0.3) is 5.56 Å². The smallest absolute Gasteiger partial charge is 0.266 e. The number of rotatable bonds is 7. The van der Waals surface area contributed by atoms with Crippen molar-refractivity contribution in [2.24, 2.45) is 0 Å². The normalized spacial score (nSPS) is 10.6. The van der Waals surface area contributed by atoms with Crippen LogP contribution in [-0.4, -0.2) is 15.7 Å². The van der Waals surface area contributed by atoms with Crippen LogP contribution >= 0.6 is 23.2 Å². The van der Waals surface area contributed by atoms with Crippen LogP contribution in [0.4, 0.5) is 0 Å². The summed E-state index contributed by atoms with van der Waals surface area (Å²) in [6.45, 7) is 0.739. The lowest BCUT2D eigenvalue weighted by Gasteiger charge is -2.09. The second kappa shape index (κ2) is 9.53. The molecule has 0 unspecified atom stereocenters. The predicted octanol–water partition coefficient (Wildman–Crippen LogP) is 4.31. The third kappa shape index (κ3) is 5.44. The summed E-state index contributed by atoms with van der Waals surface area (Å²) in [7, 11) is 0. The highest BCUT2D eigenvalue weighted by Gasteiger charge is 2.07. The number of carbonyl (C=O) groups is 1. The molecule has 0 saturated carbocycles. The van der Waals surface area contributed by atoms with E-state index in [4.69, 9.17) is 23.2 Å². The van der Waals surface area contributed by atoms with Gasteiger partial charge in [0.2, 0.25) is 5.91 Å². The molecule has 28 heavy (non-hydrogen) atoms. The van der Waals surface area contributed by atoms with Crippen LogP contribution in [0.15, 0.2) is 65.5 Å². The minimum atomic E-state index is -0.200. The van der Waals surface area contributed by atoms with Gasteiger partial charge in [0, 0.05) is 41.2 Å². The molecule has 3 aromatic rings. The minimum absolute atomic E-state index is 0.0955. The van der Waals surface area contributed by atoms with Gasteiger partial charge in [0.05, 0.1) is 5.69 Å². The molecule has 0 fully saturated rings. The second-order valence-electron chi connectivity index (χ2n) is 6.26. The molecule has 0 aliphatic rings. The Hall–Kier alpha value is -2.63. The molecule has 0 spiro atoms. The number of aromatic nitrogens is 2. The van der Waals surface area contributed by atoms with Crippen molar-refractivity contribution in [3.63, 3.8) is 0 Å². The van der Waals surface area contributed by atoms with E-state index < -0.39 is 0 Å². The van der Waals surface area contributed by atoms with Gasteiger partial charge >= 0.3 is 0 Å². The zero-order valence-corrected chi connectivity index (χ0v) is 16.6. The molecule has 0 saturated heterocycles. The molecule has 0 aliphatic heterocycles. The van der Waals surface area contributed by atoms with E-state index in [0.29, 0.717) is 41.7 Å². The Morgan fingerprint density at radius 3 is 2.50 bits per heavy atom. The maximum absolute atomic E-state index is 12.0. The van der Waals surface area contributed by atoms with Crippen molar-refractivity contribution >= 4 is 29.1 Å². The maximum Gasteiger partial charge on any atom is 0.266 e. The number of aryl methyl sites for hydroxylation is 1. The van der Waals surface area contributed by atoms with Gasteiger partial charge in [-0.25, -0.2) is 4.68 Å². The lowest BCUT2D eigenvalue weighted by atomic mass is 10.1. The molecule has 7 heteroatoms. The molecular weight excluding hydrogens is 397 g/mol. The van der Waals surface area contributed by atoms with Crippen LogP contribution in [0.1, 0.15) is 18.4 Å². The molecular formula is C21H19Cl2N3O2. The van der Waals surface area contributed by atoms with E-state index in [1.54, 1.807) is 24.3 Å². The van der Waals surface area contributed by atoms with Gasteiger partial charge in [-0.05, 0) is 36.2 Å². The van der Waals surface area contributed by atoms with E-state index in [1.165, 1.54) is 10.7 Å². The Balaban J connectivity index is 1.55. The lowest BCUT2D eigenvalue weighted by Crippen LogP contribution is -2.25. The predicted molar refractivity (Wildman–Crippen MR) is 111 cm³/mol. The fourth-order valence-corrected chi connectivity index (χ4v) is 3.03. The Kier molecular flexibility index (Phi) is 6.85. The monoisotopic (exact) mass is 415 g/mol. The van der Waals surface area contributed by atoms with Crippen LogP contribution in [0, 0.1) is 0 Å². The van der Waals surface area contributed by atoms with Gasteiger partial charge in [-0.15, -0.1) is 0 Å². The van der Waals surface area contributed by atoms with Crippen molar-refractivity contribution in [3.8, 4) is 11.3 Å². The third-order valence-corrected chi connectivity index (χ3v) is 4.83. The van der Waals surface area contributed by atoms with Crippen molar-refractivity contribution in [3.05, 3.63) is 86.6 Å². The van der Waals surface area contributed by atoms with Crippen LogP contribution < -0.4 is 10.9 Å². The molecule has 144 valence electrons. The zero-order valence-electron chi connectivity index (χ0n) is 15.1. The first-order chi connectivity index (χ1) is 13.5. The highest BCUT2D eigenvalue weighted by molar-refractivity contribution is 6.31. The number of nitrogens with zero attached hydrogens (tertiary/aromatic N) is 2. The Bertz CT molecular complexity index is 1020. The molecule has 5 nitrogen and oxygen atoms in total. The summed E-state index contributed by atoms with van der Waals surface area (Å²) < 4.78 is 1.38. The van der Waals surface area contributed by atoms with Crippen molar-refractivity contribution in [2.75, 3.05) is 0 Å². The van der Waals surface area contributed by atoms with Gasteiger partial charge in [-0.3, -0.25) is 9.59 Å². The van der Waals surface area contributed by atoms with Gasteiger partial charge in [-0.2, -0.15) is 5.10 Å². The summed E-state index contributed by atoms with van der Waals surface area (Å²) in [5, 5.41) is 8.49. The molecule has 2 aromatic carbocycles. The van der Waals surface area contributed by atoms with E-state index in [0.717, 1.165) is 11.1 Å². The van der Waals surface area contributed by atoms with Crippen LogP contribution in [-0.2, 0) is 17.9 Å². The maximum atomic E-state index is 12.0. The Labute approximate surface area is 172 Å². The molecule has 1 aromatic heterocycles. The first-order valence-electron chi connectivity index (χ1n) is 8.87. The summed E-state index contributed by atoms with van der Waals surface area (Å²) >= 11 is 12.0. The number of benzene rings is 2. The van der Waals surface area contributed by atoms with Gasteiger partial charge in [0.15, 0.2) is 0 Å². The highest BCUT2D eigenvalue weighted by Crippen LogP contribution is 2.18. The van der Waals surface area contributed by atoms with Crippen LogP contribution in [0.3, 0.4) is 0 Å².